The van der Waals surface area contributed by atoms with Gasteiger partial charge in [0.15, 0.2) is 0 Å². The van der Waals surface area contributed by atoms with Crippen molar-refractivity contribution in [1.29, 1.82) is 0 Å². The molecule has 0 fully saturated rings. The number of rotatable bonds is 4. The van der Waals surface area contributed by atoms with Gasteiger partial charge in [-0.1, -0.05) is 24.3 Å². The van der Waals surface area contributed by atoms with Crippen LogP contribution in [0.25, 0.3) is 11.4 Å². The summed E-state index contributed by atoms with van der Waals surface area (Å²) in [5, 5.41) is 3.00. The number of hydrogen-bond acceptors (Lipinski definition) is 4. The van der Waals surface area contributed by atoms with Crippen LogP contribution in [0.4, 0.5) is 5.69 Å². The van der Waals surface area contributed by atoms with Crippen LogP contribution in [0.1, 0.15) is 23.4 Å². The molecule has 5 heteroatoms. The number of amides is 1. The third-order valence-electron chi connectivity index (χ3n) is 4.44. The Kier molecular flexibility index (Phi) is 4.57. The molecule has 0 aliphatic carbocycles. The molecular weight excluding hydrogens is 330 g/mol. The van der Waals surface area contributed by atoms with Crippen molar-refractivity contribution in [1.82, 2.24) is 9.97 Å². The summed E-state index contributed by atoms with van der Waals surface area (Å²) in [6.45, 7) is 0.812. The number of anilines is 1. The van der Waals surface area contributed by atoms with E-state index in [9.17, 15) is 4.79 Å². The standard InChI is InChI=1S/C20H19N3OS/c24-20(23-13-5-7-15-6-1-2-9-18(15)23)11-10-19-22-17(14-25-19)16-8-3-4-12-21-16/h1-4,6,8-9,12,14H,5,7,10-11,13H2. The van der Waals surface area contributed by atoms with Crippen molar-refractivity contribution in [3.8, 4) is 11.4 Å². The Morgan fingerprint density at radius 1 is 1.12 bits per heavy atom. The minimum absolute atomic E-state index is 0.182. The van der Waals surface area contributed by atoms with Gasteiger partial charge in [-0.25, -0.2) is 4.98 Å². The zero-order valence-corrected chi connectivity index (χ0v) is 14.7. The molecule has 0 N–H and O–H groups in total. The van der Waals surface area contributed by atoms with Gasteiger partial charge in [0.1, 0.15) is 0 Å². The number of nitrogens with zero attached hydrogens (tertiary/aromatic N) is 3. The Morgan fingerprint density at radius 3 is 2.88 bits per heavy atom. The fourth-order valence-corrected chi connectivity index (χ4v) is 3.99. The average molecular weight is 349 g/mol. The molecule has 1 aliphatic rings. The molecular formula is C20H19N3OS. The fraction of sp³-hybridized carbons (Fsp3) is 0.250. The van der Waals surface area contributed by atoms with Gasteiger partial charge in [0.05, 0.1) is 16.4 Å². The van der Waals surface area contributed by atoms with Gasteiger partial charge in [-0.3, -0.25) is 9.78 Å². The van der Waals surface area contributed by atoms with Gasteiger partial charge in [0, 0.05) is 36.7 Å². The second-order valence-electron chi connectivity index (χ2n) is 6.12. The van der Waals surface area contributed by atoms with E-state index in [2.05, 4.69) is 22.1 Å². The van der Waals surface area contributed by atoms with Crippen molar-refractivity contribution in [3.05, 3.63) is 64.6 Å². The lowest BCUT2D eigenvalue weighted by molar-refractivity contribution is -0.118. The highest BCUT2D eigenvalue weighted by molar-refractivity contribution is 7.09. The highest BCUT2D eigenvalue weighted by atomic mass is 32.1. The van der Waals surface area contributed by atoms with E-state index in [0.29, 0.717) is 12.8 Å². The van der Waals surface area contributed by atoms with Crippen LogP contribution in [-0.4, -0.2) is 22.4 Å². The number of fused-ring (bicyclic) bond motifs is 1. The number of para-hydroxylation sites is 1. The van der Waals surface area contributed by atoms with Crippen molar-refractivity contribution in [3.63, 3.8) is 0 Å². The molecule has 4 rings (SSSR count). The number of pyridine rings is 1. The summed E-state index contributed by atoms with van der Waals surface area (Å²) in [5.74, 6) is 0.182. The van der Waals surface area contributed by atoms with E-state index in [1.165, 1.54) is 5.56 Å². The molecule has 0 unspecified atom stereocenters. The number of hydrogen-bond donors (Lipinski definition) is 0. The molecule has 2 aromatic heterocycles. The Bertz CT molecular complexity index is 875. The smallest absolute Gasteiger partial charge is 0.227 e. The quantitative estimate of drug-likeness (QED) is 0.712. The van der Waals surface area contributed by atoms with Gasteiger partial charge >= 0.3 is 0 Å². The lowest BCUT2D eigenvalue weighted by Gasteiger charge is -2.29. The van der Waals surface area contributed by atoms with Crippen LogP contribution in [0.15, 0.2) is 54.0 Å². The third-order valence-corrected chi connectivity index (χ3v) is 5.35. The molecule has 0 saturated carbocycles. The molecule has 0 saturated heterocycles. The summed E-state index contributed by atoms with van der Waals surface area (Å²) in [7, 11) is 0. The summed E-state index contributed by atoms with van der Waals surface area (Å²) in [5.41, 5.74) is 4.11. The Morgan fingerprint density at radius 2 is 2.00 bits per heavy atom. The maximum Gasteiger partial charge on any atom is 0.227 e. The molecule has 1 aromatic carbocycles. The van der Waals surface area contributed by atoms with Crippen LogP contribution < -0.4 is 4.90 Å². The van der Waals surface area contributed by atoms with Crippen LogP contribution in [-0.2, 0) is 17.6 Å². The largest absolute Gasteiger partial charge is 0.312 e. The molecule has 25 heavy (non-hydrogen) atoms. The van der Waals surface area contributed by atoms with Crippen LogP contribution >= 0.6 is 11.3 Å². The van der Waals surface area contributed by atoms with E-state index in [1.54, 1.807) is 17.5 Å². The van der Waals surface area contributed by atoms with Gasteiger partial charge < -0.3 is 4.90 Å². The highest BCUT2D eigenvalue weighted by Gasteiger charge is 2.22. The molecule has 3 heterocycles. The monoisotopic (exact) mass is 349 g/mol. The first-order valence-electron chi connectivity index (χ1n) is 8.55. The van der Waals surface area contributed by atoms with Crippen LogP contribution in [0.5, 0.6) is 0 Å². The van der Waals surface area contributed by atoms with E-state index in [4.69, 9.17) is 0 Å². The number of aromatic nitrogens is 2. The molecule has 3 aromatic rings. The Labute approximate surface area is 151 Å². The maximum absolute atomic E-state index is 12.7. The van der Waals surface area contributed by atoms with Crippen molar-refractivity contribution < 1.29 is 4.79 Å². The van der Waals surface area contributed by atoms with E-state index in [1.807, 2.05) is 40.6 Å². The second kappa shape index (κ2) is 7.15. The van der Waals surface area contributed by atoms with Crippen molar-refractivity contribution in [2.45, 2.75) is 25.7 Å². The molecule has 1 aliphatic heterocycles. The van der Waals surface area contributed by atoms with E-state index >= 15 is 0 Å². The number of carbonyl (C=O) groups is 1. The maximum atomic E-state index is 12.7. The molecule has 0 spiro atoms. The van der Waals surface area contributed by atoms with Crippen molar-refractivity contribution in [2.75, 3.05) is 11.4 Å². The van der Waals surface area contributed by atoms with E-state index in [0.717, 1.165) is 41.5 Å². The zero-order valence-electron chi connectivity index (χ0n) is 13.9. The van der Waals surface area contributed by atoms with Crippen molar-refractivity contribution in [2.24, 2.45) is 0 Å². The molecule has 0 radical (unpaired) electrons. The number of thiazole rings is 1. The minimum atomic E-state index is 0.182. The Hall–Kier alpha value is -2.53. The number of benzene rings is 1. The minimum Gasteiger partial charge on any atom is -0.312 e. The van der Waals surface area contributed by atoms with E-state index in [-0.39, 0.29) is 5.91 Å². The molecule has 4 nitrogen and oxygen atoms in total. The first kappa shape index (κ1) is 16.0. The predicted octanol–water partition coefficient (Wildman–Crippen LogP) is 4.12. The SMILES string of the molecule is O=C(CCc1nc(-c2ccccn2)cs1)N1CCCc2ccccc21. The number of carbonyl (C=O) groups excluding carboxylic acids is 1. The predicted molar refractivity (Wildman–Crippen MR) is 101 cm³/mol. The summed E-state index contributed by atoms with van der Waals surface area (Å²) in [4.78, 5) is 23.6. The summed E-state index contributed by atoms with van der Waals surface area (Å²) in [6, 6.07) is 14.0. The lowest BCUT2D eigenvalue weighted by atomic mass is 10.0. The molecule has 1 amide bonds. The van der Waals surface area contributed by atoms with Crippen LogP contribution in [0.3, 0.4) is 0 Å². The first-order chi connectivity index (χ1) is 12.3. The molecule has 126 valence electrons. The van der Waals surface area contributed by atoms with Crippen molar-refractivity contribution >= 4 is 22.9 Å². The van der Waals surface area contributed by atoms with E-state index < -0.39 is 0 Å². The fourth-order valence-electron chi connectivity index (χ4n) is 3.20. The average Bonchev–Trinajstić information content (AvgIpc) is 3.15. The van der Waals surface area contributed by atoms with Crippen LogP contribution in [0.2, 0.25) is 0 Å². The summed E-state index contributed by atoms with van der Waals surface area (Å²) in [6.07, 6.45) is 5.02. The van der Waals surface area contributed by atoms with Gasteiger partial charge in [0.2, 0.25) is 5.91 Å². The normalized spacial score (nSPS) is 13.5. The molecule has 0 atom stereocenters. The second-order valence-corrected chi connectivity index (χ2v) is 7.06. The number of aryl methyl sites for hydroxylation is 2. The summed E-state index contributed by atoms with van der Waals surface area (Å²) >= 11 is 1.60. The van der Waals surface area contributed by atoms with Gasteiger partial charge in [0.25, 0.3) is 0 Å². The summed E-state index contributed by atoms with van der Waals surface area (Å²) < 4.78 is 0. The molecule has 0 bridgehead atoms. The Balaban J connectivity index is 1.42. The lowest BCUT2D eigenvalue weighted by Crippen LogP contribution is -2.35. The first-order valence-corrected chi connectivity index (χ1v) is 9.43. The zero-order chi connectivity index (χ0) is 17.1. The van der Waals surface area contributed by atoms with Gasteiger partial charge in [-0.15, -0.1) is 11.3 Å². The highest BCUT2D eigenvalue weighted by Crippen LogP contribution is 2.28. The topological polar surface area (TPSA) is 46.1 Å². The van der Waals surface area contributed by atoms with Crippen LogP contribution in [0, 0.1) is 0 Å². The third kappa shape index (κ3) is 3.46. The van der Waals surface area contributed by atoms with Gasteiger partial charge in [-0.2, -0.15) is 0 Å². The van der Waals surface area contributed by atoms with Gasteiger partial charge in [-0.05, 0) is 36.6 Å².